The van der Waals surface area contributed by atoms with Gasteiger partial charge in [0.1, 0.15) is 22.9 Å². The normalized spacial score (nSPS) is 15.4. The first-order valence-electron chi connectivity index (χ1n) is 11.0. The Balaban J connectivity index is 1.53. The van der Waals surface area contributed by atoms with Gasteiger partial charge in [-0.1, -0.05) is 48.0 Å². The fraction of sp³-hybridized carbons (Fsp3) is 0.0741. The number of carbonyl (C=O) groups excluding carboxylic acids is 1. The summed E-state index contributed by atoms with van der Waals surface area (Å²) < 4.78 is 12.4. The van der Waals surface area contributed by atoms with Crippen molar-refractivity contribution < 1.29 is 14.3 Å². The van der Waals surface area contributed by atoms with E-state index in [4.69, 9.17) is 26.2 Å². The van der Waals surface area contributed by atoms with Crippen LogP contribution in [0.2, 0.25) is 5.02 Å². The predicted molar refractivity (Wildman–Crippen MR) is 144 cm³/mol. The molecule has 0 aliphatic carbocycles. The average molecular weight is 517 g/mol. The van der Waals surface area contributed by atoms with E-state index in [0.717, 1.165) is 16.8 Å². The number of para-hydroxylation sites is 1. The number of aromatic nitrogens is 2. The van der Waals surface area contributed by atoms with E-state index in [1.807, 2.05) is 60.8 Å². The van der Waals surface area contributed by atoms with Crippen molar-refractivity contribution in [3.63, 3.8) is 0 Å². The van der Waals surface area contributed by atoms with Crippen molar-refractivity contribution in [2.24, 2.45) is 4.99 Å². The van der Waals surface area contributed by atoms with Gasteiger partial charge in [-0.05, 0) is 48.2 Å². The molecule has 3 aromatic carbocycles. The quantitative estimate of drug-likeness (QED) is 0.313. The Morgan fingerprint density at radius 1 is 1.03 bits per heavy atom. The molecule has 0 radical (unpaired) electrons. The number of methoxy groups -OCH3 is 2. The monoisotopic (exact) mass is 516 g/mol. The van der Waals surface area contributed by atoms with Crippen LogP contribution in [0.25, 0.3) is 23.0 Å². The van der Waals surface area contributed by atoms with Gasteiger partial charge in [-0.3, -0.25) is 4.79 Å². The number of ether oxygens (including phenoxy) is 2. The zero-order valence-corrected chi connectivity index (χ0v) is 21.0. The molecule has 7 nitrogen and oxygen atoms in total. The molecule has 1 aliphatic rings. The summed E-state index contributed by atoms with van der Waals surface area (Å²) in [7, 11) is 3.14. The number of halogens is 1. The van der Waals surface area contributed by atoms with Crippen molar-refractivity contribution in [1.82, 2.24) is 15.1 Å². The minimum atomic E-state index is -0.246. The lowest BCUT2D eigenvalue weighted by Gasteiger charge is -2.07. The van der Waals surface area contributed by atoms with Crippen LogP contribution in [0.15, 0.2) is 88.9 Å². The summed E-state index contributed by atoms with van der Waals surface area (Å²) in [5, 5.41) is 8.65. The van der Waals surface area contributed by atoms with Crippen LogP contribution in [0, 0.1) is 0 Å². The van der Waals surface area contributed by atoms with Crippen LogP contribution in [0.5, 0.6) is 11.5 Å². The van der Waals surface area contributed by atoms with Crippen molar-refractivity contribution in [3.8, 4) is 28.4 Å². The first kappa shape index (κ1) is 23.7. The summed E-state index contributed by atoms with van der Waals surface area (Å²) in [5.74, 6) is 0.949. The highest BCUT2D eigenvalue weighted by atomic mass is 35.5. The minimum absolute atomic E-state index is 0.246. The van der Waals surface area contributed by atoms with E-state index < -0.39 is 0 Å². The Labute approximate surface area is 217 Å². The molecule has 0 saturated carbocycles. The lowest BCUT2D eigenvalue weighted by molar-refractivity contribution is -0.115. The first-order chi connectivity index (χ1) is 17.6. The second-order valence-electron chi connectivity index (χ2n) is 7.71. The largest absolute Gasteiger partial charge is 0.497 e. The highest BCUT2D eigenvalue weighted by Gasteiger charge is 2.26. The summed E-state index contributed by atoms with van der Waals surface area (Å²) in [6.07, 6.45) is 3.69. The number of nitrogens with zero attached hydrogens (tertiary/aromatic N) is 3. The number of amidine groups is 1. The molecule has 0 spiro atoms. The van der Waals surface area contributed by atoms with Crippen LogP contribution in [0.3, 0.4) is 0 Å². The average Bonchev–Trinajstić information content (AvgIpc) is 3.48. The number of carbonyl (C=O) groups is 1. The number of nitrogens with one attached hydrogen (secondary N) is 1. The van der Waals surface area contributed by atoms with E-state index in [0.29, 0.717) is 38.0 Å². The number of hydrogen-bond donors (Lipinski definition) is 1. The molecule has 4 aromatic rings. The fourth-order valence-electron chi connectivity index (χ4n) is 3.68. The number of amides is 1. The molecule has 2 heterocycles. The molecule has 1 aromatic heterocycles. The third kappa shape index (κ3) is 4.86. The molecule has 1 saturated heterocycles. The van der Waals surface area contributed by atoms with Gasteiger partial charge in [0.05, 0.1) is 29.8 Å². The SMILES string of the molecule is COc1ccc(N=C2NC(=O)/C(=C/c3cn(-c4ccccc4)nc3-c3ccccc3Cl)S2)c(OC)c1. The van der Waals surface area contributed by atoms with E-state index in [2.05, 4.69) is 10.3 Å². The van der Waals surface area contributed by atoms with Gasteiger partial charge in [-0.25, -0.2) is 9.67 Å². The van der Waals surface area contributed by atoms with Gasteiger partial charge in [0.25, 0.3) is 5.91 Å². The molecular weight excluding hydrogens is 496 g/mol. The van der Waals surface area contributed by atoms with Gasteiger partial charge in [-0.2, -0.15) is 5.10 Å². The maximum absolute atomic E-state index is 12.8. The highest BCUT2D eigenvalue weighted by molar-refractivity contribution is 8.18. The topological polar surface area (TPSA) is 77.7 Å². The van der Waals surface area contributed by atoms with Gasteiger partial charge >= 0.3 is 0 Å². The van der Waals surface area contributed by atoms with E-state index in [9.17, 15) is 4.79 Å². The molecule has 1 amide bonds. The van der Waals surface area contributed by atoms with Crippen molar-refractivity contribution in [3.05, 3.63) is 94.5 Å². The molecule has 36 heavy (non-hydrogen) atoms. The summed E-state index contributed by atoms with van der Waals surface area (Å²) in [6, 6.07) is 22.6. The molecule has 180 valence electrons. The second kappa shape index (κ2) is 10.3. The Kier molecular flexibility index (Phi) is 6.79. The lowest BCUT2D eigenvalue weighted by atomic mass is 10.1. The molecule has 0 unspecified atom stereocenters. The van der Waals surface area contributed by atoms with Crippen LogP contribution in [-0.2, 0) is 4.79 Å². The summed E-state index contributed by atoms with van der Waals surface area (Å²) in [6.45, 7) is 0. The van der Waals surface area contributed by atoms with Gasteiger partial charge in [0.2, 0.25) is 0 Å². The smallest absolute Gasteiger partial charge is 0.264 e. The number of hydrogen-bond acceptors (Lipinski definition) is 6. The molecule has 5 rings (SSSR count). The molecular formula is C27H21ClN4O3S. The third-order valence-electron chi connectivity index (χ3n) is 5.44. The van der Waals surface area contributed by atoms with Crippen LogP contribution >= 0.6 is 23.4 Å². The molecule has 9 heteroatoms. The van der Waals surface area contributed by atoms with E-state index in [1.54, 1.807) is 43.2 Å². The van der Waals surface area contributed by atoms with Gasteiger partial charge in [-0.15, -0.1) is 0 Å². The number of aliphatic imine (C=N–C) groups is 1. The second-order valence-corrected chi connectivity index (χ2v) is 9.15. The molecule has 1 fully saturated rings. The maximum atomic E-state index is 12.8. The van der Waals surface area contributed by atoms with Crippen LogP contribution in [0.1, 0.15) is 5.56 Å². The fourth-order valence-corrected chi connectivity index (χ4v) is 4.73. The van der Waals surface area contributed by atoms with Crippen molar-refractivity contribution in [2.75, 3.05) is 14.2 Å². The Morgan fingerprint density at radius 3 is 2.56 bits per heavy atom. The number of benzene rings is 3. The maximum Gasteiger partial charge on any atom is 0.264 e. The predicted octanol–water partition coefficient (Wildman–Crippen LogP) is 6.10. The first-order valence-corrected chi connectivity index (χ1v) is 12.2. The van der Waals surface area contributed by atoms with Crippen molar-refractivity contribution >= 4 is 46.2 Å². The standard InChI is InChI=1S/C27H21ClN4O3S/c1-34-19-12-13-22(23(15-19)35-2)29-27-30-26(33)24(36-27)14-17-16-32(18-8-4-3-5-9-18)31-25(17)20-10-6-7-11-21(20)28/h3-16H,1-2H3,(H,29,30,33)/b24-14-. The van der Waals surface area contributed by atoms with Gasteiger partial charge in [0.15, 0.2) is 5.17 Å². The highest BCUT2D eigenvalue weighted by Crippen LogP contribution is 2.36. The minimum Gasteiger partial charge on any atom is -0.497 e. The zero-order chi connectivity index (χ0) is 25.1. The zero-order valence-electron chi connectivity index (χ0n) is 19.4. The summed E-state index contributed by atoms with van der Waals surface area (Å²) in [5.41, 5.74) is 3.69. The molecule has 0 bridgehead atoms. The van der Waals surface area contributed by atoms with Gasteiger partial charge < -0.3 is 14.8 Å². The van der Waals surface area contributed by atoms with Crippen molar-refractivity contribution in [1.29, 1.82) is 0 Å². The molecule has 0 atom stereocenters. The van der Waals surface area contributed by atoms with Crippen LogP contribution < -0.4 is 14.8 Å². The lowest BCUT2D eigenvalue weighted by Crippen LogP contribution is -2.19. The Morgan fingerprint density at radius 2 is 1.81 bits per heavy atom. The Hall–Kier alpha value is -4.01. The molecule has 1 aliphatic heterocycles. The summed E-state index contributed by atoms with van der Waals surface area (Å²) in [4.78, 5) is 17.9. The Bertz CT molecular complexity index is 1500. The van der Waals surface area contributed by atoms with Crippen LogP contribution in [-0.4, -0.2) is 35.1 Å². The van der Waals surface area contributed by atoms with E-state index >= 15 is 0 Å². The van der Waals surface area contributed by atoms with E-state index in [1.165, 1.54) is 11.8 Å². The number of thioether (sulfide) groups is 1. The van der Waals surface area contributed by atoms with Crippen LogP contribution in [0.4, 0.5) is 5.69 Å². The van der Waals surface area contributed by atoms with Crippen molar-refractivity contribution in [2.45, 2.75) is 0 Å². The van der Waals surface area contributed by atoms with Gasteiger partial charge in [0, 0.05) is 23.4 Å². The summed E-state index contributed by atoms with van der Waals surface area (Å²) >= 11 is 7.74. The third-order valence-corrected chi connectivity index (χ3v) is 6.68. The molecule has 1 N–H and O–H groups in total. The number of rotatable bonds is 6. The van der Waals surface area contributed by atoms with E-state index in [-0.39, 0.29) is 5.91 Å².